The molecule has 1 aliphatic heterocycles. The standard InChI is InChI=1S/C19H18ClN5O2/c20-15-5-3-14(4-6-15)18-13-25(23-22-18)16-7-10-24(11-8-16)19(26)27-17-2-1-9-21-12-17/h1-6,9,12-13,16H,7-8,10-11H2. The molecule has 0 saturated carbocycles. The van der Waals surface area contributed by atoms with Crippen LogP contribution in [0.4, 0.5) is 4.79 Å². The number of ether oxygens (including phenoxy) is 1. The fraction of sp³-hybridized carbons (Fsp3) is 0.263. The number of carbonyl (C=O) groups excluding carboxylic acids is 1. The van der Waals surface area contributed by atoms with Gasteiger partial charge in [0, 0.05) is 29.9 Å². The van der Waals surface area contributed by atoms with Gasteiger partial charge < -0.3 is 9.64 Å². The van der Waals surface area contributed by atoms with E-state index in [0.29, 0.717) is 23.9 Å². The first-order valence-corrected chi connectivity index (χ1v) is 9.11. The lowest BCUT2D eigenvalue weighted by Gasteiger charge is -2.30. The van der Waals surface area contributed by atoms with Gasteiger partial charge in [0.25, 0.3) is 0 Å². The Morgan fingerprint density at radius 3 is 2.63 bits per heavy atom. The van der Waals surface area contributed by atoms with E-state index in [1.165, 1.54) is 6.20 Å². The molecule has 2 aromatic heterocycles. The third-order valence-corrected chi connectivity index (χ3v) is 4.84. The first kappa shape index (κ1) is 17.5. The second-order valence-corrected chi connectivity index (χ2v) is 6.80. The van der Waals surface area contributed by atoms with Crippen LogP contribution in [-0.2, 0) is 0 Å². The summed E-state index contributed by atoms with van der Waals surface area (Å²) in [5.41, 5.74) is 1.79. The average molecular weight is 384 g/mol. The molecule has 0 aliphatic carbocycles. The number of pyridine rings is 1. The minimum atomic E-state index is -0.345. The lowest BCUT2D eigenvalue weighted by molar-refractivity contribution is 0.129. The fourth-order valence-electron chi connectivity index (χ4n) is 3.09. The number of piperidine rings is 1. The highest BCUT2D eigenvalue weighted by molar-refractivity contribution is 6.30. The summed E-state index contributed by atoms with van der Waals surface area (Å²) in [6, 6.07) is 11.2. The van der Waals surface area contributed by atoms with E-state index in [9.17, 15) is 4.79 Å². The molecule has 1 saturated heterocycles. The Balaban J connectivity index is 1.35. The number of nitrogens with zero attached hydrogens (tertiary/aromatic N) is 5. The van der Waals surface area contributed by atoms with Crippen LogP contribution < -0.4 is 4.74 Å². The Morgan fingerprint density at radius 1 is 1.15 bits per heavy atom. The number of likely N-dealkylation sites (tertiary alicyclic amines) is 1. The second-order valence-electron chi connectivity index (χ2n) is 6.37. The summed E-state index contributed by atoms with van der Waals surface area (Å²) in [7, 11) is 0. The predicted molar refractivity (Wildman–Crippen MR) is 101 cm³/mol. The molecular formula is C19H18ClN5O2. The molecule has 1 aliphatic rings. The molecule has 0 radical (unpaired) electrons. The van der Waals surface area contributed by atoms with E-state index in [0.717, 1.165) is 24.1 Å². The maximum Gasteiger partial charge on any atom is 0.415 e. The Kier molecular flexibility index (Phi) is 5.02. The summed E-state index contributed by atoms with van der Waals surface area (Å²) in [5.74, 6) is 0.452. The molecule has 3 aromatic rings. The van der Waals surface area contributed by atoms with Crippen LogP contribution in [0.2, 0.25) is 5.02 Å². The van der Waals surface area contributed by atoms with Crippen molar-refractivity contribution in [3.63, 3.8) is 0 Å². The monoisotopic (exact) mass is 383 g/mol. The van der Waals surface area contributed by atoms with Crippen molar-refractivity contribution in [1.29, 1.82) is 0 Å². The number of benzene rings is 1. The van der Waals surface area contributed by atoms with Crippen LogP contribution >= 0.6 is 11.6 Å². The SMILES string of the molecule is O=C(Oc1cccnc1)N1CCC(n2cc(-c3ccc(Cl)cc3)nn2)CC1. The maximum atomic E-state index is 12.3. The normalized spacial score (nSPS) is 14.9. The summed E-state index contributed by atoms with van der Waals surface area (Å²) >= 11 is 5.93. The summed E-state index contributed by atoms with van der Waals surface area (Å²) in [6.45, 7) is 1.22. The van der Waals surface area contributed by atoms with Crippen LogP contribution in [0.3, 0.4) is 0 Å². The molecule has 1 aromatic carbocycles. The first-order chi connectivity index (χ1) is 13.2. The van der Waals surface area contributed by atoms with Crippen LogP contribution in [0.15, 0.2) is 55.0 Å². The molecule has 27 heavy (non-hydrogen) atoms. The number of aromatic nitrogens is 4. The number of hydrogen-bond donors (Lipinski definition) is 0. The van der Waals surface area contributed by atoms with Crippen molar-refractivity contribution >= 4 is 17.7 Å². The molecule has 0 atom stereocenters. The number of amides is 1. The fourth-order valence-corrected chi connectivity index (χ4v) is 3.22. The van der Waals surface area contributed by atoms with E-state index in [1.54, 1.807) is 23.2 Å². The number of halogens is 1. The van der Waals surface area contributed by atoms with Crippen LogP contribution in [0.5, 0.6) is 5.75 Å². The summed E-state index contributed by atoms with van der Waals surface area (Å²) in [5, 5.41) is 9.22. The number of hydrogen-bond acceptors (Lipinski definition) is 5. The summed E-state index contributed by atoms with van der Waals surface area (Å²) in [4.78, 5) is 17.9. The van der Waals surface area contributed by atoms with Gasteiger partial charge >= 0.3 is 6.09 Å². The molecule has 7 nitrogen and oxygen atoms in total. The van der Waals surface area contributed by atoms with Crippen LogP contribution in [0.25, 0.3) is 11.3 Å². The van der Waals surface area contributed by atoms with Crippen molar-refractivity contribution in [2.75, 3.05) is 13.1 Å². The summed E-state index contributed by atoms with van der Waals surface area (Å²) < 4.78 is 7.23. The van der Waals surface area contributed by atoms with E-state index in [1.807, 2.05) is 35.1 Å². The molecule has 0 spiro atoms. The van der Waals surface area contributed by atoms with Crippen molar-refractivity contribution in [3.8, 4) is 17.0 Å². The third kappa shape index (κ3) is 4.09. The molecule has 138 valence electrons. The molecule has 8 heteroatoms. The van der Waals surface area contributed by atoms with Crippen molar-refractivity contribution in [1.82, 2.24) is 24.9 Å². The second kappa shape index (κ2) is 7.75. The molecule has 1 amide bonds. The molecule has 3 heterocycles. The van der Waals surface area contributed by atoms with Gasteiger partial charge in [-0.1, -0.05) is 28.9 Å². The largest absolute Gasteiger partial charge is 0.415 e. The van der Waals surface area contributed by atoms with E-state index in [-0.39, 0.29) is 12.1 Å². The van der Waals surface area contributed by atoms with Crippen molar-refractivity contribution in [2.45, 2.75) is 18.9 Å². The van der Waals surface area contributed by atoms with E-state index in [4.69, 9.17) is 16.3 Å². The number of rotatable bonds is 3. The van der Waals surface area contributed by atoms with Gasteiger partial charge in [-0.3, -0.25) is 4.98 Å². The zero-order valence-corrected chi connectivity index (χ0v) is 15.3. The minimum absolute atomic E-state index is 0.209. The van der Waals surface area contributed by atoms with Crippen molar-refractivity contribution in [3.05, 3.63) is 60.0 Å². The quantitative estimate of drug-likeness (QED) is 0.687. The van der Waals surface area contributed by atoms with Crippen molar-refractivity contribution in [2.24, 2.45) is 0 Å². The van der Waals surface area contributed by atoms with Gasteiger partial charge in [0.2, 0.25) is 0 Å². The Bertz CT molecular complexity index is 905. The minimum Gasteiger partial charge on any atom is -0.409 e. The molecule has 0 bridgehead atoms. The molecule has 0 unspecified atom stereocenters. The van der Waals surface area contributed by atoms with E-state index < -0.39 is 0 Å². The van der Waals surface area contributed by atoms with Gasteiger partial charge in [-0.05, 0) is 37.1 Å². The first-order valence-electron chi connectivity index (χ1n) is 8.73. The maximum absolute atomic E-state index is 12.3. The average Bonchev–Trinajstić information content (AvgIpc) is 3.20. The highest BCUT2D eigenvalue weighted by Gasteiger charge is 2.26. The lowest BCUT2D eigenvalue weighted by Crippen LogP contribution is -2.40. The molecule has 1 fully saturated rings. The van der Waals surface area contributed by atoms with Gasteiger partial charge in [-0.2, -0.15) is 0 Å². The Morgan fingerprint density at radius 2 is 1.93 bits per heavy atom. The van der Waals surface area contributed by atoms with Gasteiger partial charge in [-0.15, -0.1) is 5.10 Å². The Labute approximate surface area is 161 Å². The van der Waals surface area contributed by atoms with Gasteiger partial charge in [-0.25, -0.2) is 9.48 Å². The zero-order chi connectivity index (χ0) is 18.6. The van der Waals surface area contributed by atoms with Crippen LogP contribution in [0.1, 0.15) is 18.9 Å². The highest BCUT2D eigenvalue weighted by Crippen LogP contribution is 2.25. The van der Waals surface area contributed by atoms with Gasteiger partial charge in [0.05, 0.1) is 18.4 Å². The van der Waals surface area contributed by atoms with Gasteiger partial charge in [0.1, 0.15) is 5.69 Å². The van der Waals surface area contributed by atoms with E-state index in [2.05, 4.69) is 15.3 Å². The van der Waals surface area contributed by atoms with Crippen LogP contribution in [0, 0.1) is 0 Å². The van der Waals surface area contributed by atoms with Gasteiger partial charge in [0.15, 0.2) is 5.75 Å². The Hall–Kier alpha value is -2.93. The zero-order valence-electron chi connectivity index (χ0n) is 14.5. The number of carbonyl (C=O) groups is 1. The van der Waals surface area contributed by atoms with Crippen LogP contribution in [-0.4, -0.2) is 44.1 Å². The lowest BCUT2D eigenvalue weighted by atomic mass is 10.1. The molecular weight excluding hydrogens is 366 g/mol. The third-order valence-electron chi connectivity index (χ3n) is 4.59. The highest BCUT2D eigenvalue weighted by atomic mass is 35.5. The topological polar surface area (TPSA) is 73.1 Å². The molecule has 0 N–H and O–H groups in total. The van der Waals surface area contributed by atoms with Crippen molar-refractivity contribution < 1.29 is 9.53 Å². The smallest absolute Gasteiger partial charge is 0.409 e. The molecule has 4 rings (SSSR count). The summed E-state index contributed by atoms with van der Waals surface area (Å²) in [6.07, 6.45) is 6.36. The predicted octanol–water partition coefficient (Wildman–Crippen LogP) is 3.83. The van der Waals surface area contributed by atoms with E-state index >= 15 is 0 Å².